The lowest BCUT2D eigenvalue weighted by Crippen LogP contribution is -3.06. The Kier molecular flexibility index (Phi) is 4.86. The summed E-state index contributed by atoms with van der Waals surface area (Å²) in [7, 11) is 4.05. The molecule has 138 valence electrons. The number of halogens is 1. The molecule has 0 spiro atoms. The maximum atomic E-state index is 14.1. The van der Waals surface area contributed by atoms with E-state index in [1.54, 1.807) is 11.0 Å². The lowest BCUT2D eigenvalue weighted by molar-refractivity contribution is -0.856. The second-order valence-electron chi connectivity index (χ2n) is 6.48. The van der Waals surface area contributed by atoms with Gasteiger partial charge in [0.2, 0.25) is 0 Å². The Labute approximate surface area is 163 Å². The lowest BCUT2D eigenvalue weighted by atomic mass is 10.3. The second kappa shape index (κ2) is 7.30. The van der Waals surface area contributed by atoms with E-state index in [-0.39, 0.29) is 11.7 Å². The molecule has 0 aliphatic carbocycles. The van der Waals surface area contributed by atoms with Crippen LogP contribution in [0.15, 0.2) is 42.5 Å². The topological polar surface area (TPSA) is 50.5 Å². The molecule has 4 rings (SSSR count). The fourth-order valence-corrected chi connectivity index (χ4v) is 4.64. The van der Waals surface area contributed by atoms with Crippen molar-refractivity contribution >= 4 is 54.1 Å². The van der Waals surface area contributed by atoms with Gasteiger partial charge in [0.1, 0.15) is 11.3 Å². The van der Waals surface area contributed by atoms with Gasteiger partial charge in [0, 0.05) is 0 Å². The summed E-state index contributed by atoms with van der Waals surface area (Å²) in [5, 5.41) is 0.922. The summed E-state index contributed by atoms with van der Waals surface area (Å²) in [5.41, 5.74) is 1.11. The number of hydrogen-bond acceptors (Lipinski definition) is 5. The van der Waals surface area contributed by atoms with Crippen molar-refractivity contribution in [2.24, 2.45) is 0 Å². The van der Waals surface area contributed by atoms with Crippen molar-refractivity contribution in [3.63, 3.8) is 0 Å². The van der Waals surface area contributed by atoms with E-state index >= 15 is 0 Å². The Morgan fingerprint density at radius 1 is 1.07 bits per heavy atom. The number of nitrogens with one attached hydrogen (secondary N) is 1. The highest BCUT2D eigenvalue weighted by atomic mass is 32.1. The predicted molar refractivity (Wildman–Crippen MR) is 109 cm³/mol. The smallest absolute Gasteiger partial charge is 0.289 e. The van der Waals surface area contributed by atoms with Crippen LogP contribution in [0.2, 0.25) is 0 Å². The minimum atomic E-state index is -0.374. The van der Waals surface area contributed by atoms with Gasteiger partial charge >= 0.3 is 0 Å². The third kappa shape index (κ3) is 3.55. The molecule has 0 radical (unpaired) electrons. The number of amides is 1. The van der Waals surface area contributed by atoms with Gasteiger partial charge < -0.3 is 4.90 Å². The standard InChI is InChI=1S/C19H17FN4OS2/c1-23(2)10-11-24(19-22-16-12(20)6-5-9-15(16)27-19)18(25)17-21-13-7-3-4-8-14(13)26-17/h3-9H,10-11H2,1-2H3/p+1. The summed E-state index contributed by atoms with van der Waals surface area (Å²) in [6.45, 7) is 1.23. The Hall–Kier alpha value is -2.42. The van der Waals surface area contributed by atoms with Crippen molar-refractivity contribution in [2.75, 3.05) is 32.1 Å². The van der Waals surface area contributed by atoms with Gasteiger partial charge in [-0.25, -0.2) is 14.4 Å². The lowest BCUT2D eigenvalue weighted by Gasteiger charge is -2.19. The quantitative estimate of drug-likeness (QED) is 0.560. The normalized spacial score (nSPS) is 11.6. The number of likely N-dealkylation sites (N-methyl/N-ethyl adjacent to an activating group) is 1. The van der Waals surface area contributed by atoms with Gasteiger partial charge in [0.25, 0.3) is 5.91 Å². The predicted octanol–water partition coefficient (Wildman–Crippen LogP) is 2.84. The van der Waals surface area contributed by atoms with Crippen LogP contribution < -0.4 is 9.80 Å². The number of rotatable bonds is 5. The van der Waals surface area contributed by atoms with E-state index in [1.165, 1.54) is 33.6 Å². The molecule has 0 bridgehead atoms. The molecular formula is C19H18FN4OS2+. The first-order valence-corrected chi connectivity index (χ1v) is 10.2. The molecule has 0 aliphatic heterocycles. The van der Waals surface area contributed by atoms with E-state index in [1.807, 2.05) is 44.4 Å². The van der Waals surface area contributed by atoms with Crippen molar-refractivity contribution in [3.05, 3.63) is 53.3 Å². The summed E-state index contributed by atoms with van der Waals surface area (Å²) >= 11 is 2.69. The van der Waals surface area contributed by atoms with E-state index in [0.717, 1.165) is 21.5 Å². The molecule has 1 amide bonds. The van der Waals surface area contributed by atoms with E-state index in [4.69, 9.17) is 0 Å². The monoisotopic (exact) mass is 401 g/mol. The zero-order chi connectivity index (χ0) is 19.0. The van der Waals surface area contributed by atoms with Crippen molar-refractivity contribution in [2.45, 2.75) is 0 Å². The van der Waals surface area contributed by atoms with Crippen molar-refractivity contribution in [3.8, 4) is 0 Å². The van der Waals surface area contributed by atoms with Crippen LogP contribution in [0, 0.1) is 5.82 Å². The Balaban J connectivity index is 1.74. The molecule has 1 N–H and O–H groups in total. The Morgan fingerprint density at radius 3 is 2.59 bits per heavy atom. The maximum Gasteiger partial charge on any atom is 0.289 e. The number of para-hydroxylation sites is 2. The van der Waals surface area contributed by atoms with E-state index in [0.29, 0.717) is 22.2 Å². The van der Waals surface area contributed by atoms with E-state index in [9.17, 15) is 9.18 Å². The first-order valence-electron chi connectivity index (χ1n) is 8.54. The van der Waals surface area contributed by atoms with Gasteiger partial charge in [-0.05, 0) is 24.3 Å². The van der Waals surface area contributed by atoms with Gasteiger partial charge in [-0.1, -0.05) is 29.5 Å². The number of nitrogens with zero attached hydrogens (tertiary/aromatic N) is 3. The van der Waals surface area contributed by atoms with Gasteiger partial charge in [-0.15, -0.1) is 11.3 Å². The van der Waals surface area contributed by atoms with Crippen LogP contribution in [0.3, 0.4) is 0 Å². The third-order valence-electron chi connectivity index (χ3n) is 4.15. The zero-order valence-corrected chi connectivity index (χ0v) is 16.5. The fourth-order valence-electron chi connectivity index (χ4n) is 2.72. The van der Waals surface area contributed by atoms with Crippen molar-refractivity contribution < 1.29 is 14.1 Å². The average molecular weight is 402 g/mol. The van der Waals surface area contributed by atoms with E-state index in [2.05, 4.69) is 9.97 Å². The largest absolute Gasteiger partial charge is 0.338 e. The number of thiazole rings is 2. The highest BCUT2D eigenvalue weighted by Gasteiger charge is 2.25. The molecule has 8 heteroatoms. The van der Waals surface area contributed by atoms with Crippen LogP contribution in [0.1, 0.15) is 9.80 Å². The summed E-state index contributed by atoms with van der Waals surface area (Å²) < 4.78 is 15.8. The first-order chi connectivity index (χ1) is 13.0. The van der Waals surface area contributed by atoms with Crippen LogP contribution in [-0.2, 0) is 0 Å². The third-order valence-corrected chi connectivity index (χ3v) is 6.21. The van der Waals surface area contributed by atoms with Gasteiger partial charge in [0.15, 0.2) is 10.1 Å². The number of hydrogen-bond donors (Lipinski definition) is 1. The van der Waals surface area contributed by atoms with Gasteiger partial charge in [0.05, 0.1) is 42.1 Å². The van der Waals surface area contributed by atoms with Crippen LogP contribution in [0.4, 0.5) is 9.52 Å². The molecule has 2 aromatic carbocycles. The molecule has 0 unspecified atom stereocenters. The average Bonchev–Trinajstić information content (AvgIpc) is 3.26. The summed E-state index contributed by atoms with van der Waals surface area (Å²) in [4.78, 5) is 24.9. The maximum absolute atomic E-state index is 14.1. The molecule has 27 heavy (non-hydrogen) atoms. The molecule has 4 aromatic rings. The number of fused-ring (bicyclic) bond motifs is 2. The number of quaternary nitrogens is 1. The highest BCUT2D eigenvalue weighted by molar-refractivity contribution is 7.23. The summed E-state index contributed by atoms with van der Waals surface area (Å²) in [6, 6.07) is 12.5. The number of benzene rings is 2. The van der Waals surface area contributed by atoms with Crippen LogP contribution in [-0.4, -0.2) is 43.1 Å². The number of aromatic nitrogens is 2. The minimum absolute atomic E-state index is 0.197. The summed E-state index contributed by atoms with van der Waals surface area (Å²) in [5.74, 6) is -0.572. The van der Waals surface area contributed by atoms with Crippen molar-refractivity contribution in [1.29, 1.82) is 0 Å². The first kappa shape index (κ1) is 18.0. The molecule has 5 nitrogen and oxygen atoms in total. The molecule has 0 saturated carbocycles. The minimum Gasteiger partial charge on any atom is -0.338 e. The zero-order valence-electron chi connectivity index (χ0n) is 14.9. The van der Waals surface area contributed by atoms with E-state index < -0.39 is 0 Å². The van der Waals surface area contributed by atoms with Crippen LogP contribution >= 0.6 is 22.7 Å². The second-order valence-corrected chi connectivity index (χ2v) is 8.52. The molecule has 2 heterocycles. The Morgan fingerprint density at radius 2 is 1.85 bits per heavy atom. The van der Waals surface area contributed by atoms with Crippen LogP contribution in [0.25, 0.3) is 20.4 Å². The van der Waals surface area contributed by atoms with Crippen molar-refractivity contribution in [1.82, 2.24) is 9.97 Å². The molecule has 0 fully saturated rings. The number of carbonyl (C=O) groups is 1. The fraction of sp³-hybridized carbons (Fsp3) is 0.211. The SMILES string of the molecule is C[NH+](C)CCN(C(=O)c1nc2ccccc2s1)c1nc2c(F)cccc2s1. The Bertz CT molecular complexity index is 1090. The molecule has 2 aromatic heterocycles. The number of anilines is 1. The highest BCUT2D eigenvalue weighted by Crippen LogP contribution is 2.32. The van der Waals surface area contributed by atoms with Gasteiger partial charge in [-0.2, -0.15) is 0 Å². The van der Waals surface area contributed by atoms with Crippen LogP contribution in [0.5, 0.6) is 0 Å². The molecular weight excluding hydrogens is 383 g/mol. The summed E-state index contributed by atoms with van der Waals surface area (Å²) in [6.07, 6.45) is 0. The molecule has 0 atom stereocenters. The molecule has 0 saturated heterocycles. The van der Waals surface area contributed by atoms with Gasteiger partial charge in [-0.3, -0.25) is 9.69 Å². The number of carbonyl (C=O) groups excluding carboxylic acids is 1. The molecule has 0 aliphatic rings.